The second kappa shape index (κ2) is 6.72. The third-order valence-electron chi connectivity index (χ3n) is 4.35. The van der Waals surface area contributed by atoms with E-state index >= 15 is 0 Å². The number of nitrogens with two attached hydrogens (primary N) is 1. The highest BCUT2D eigenvalue weighted by Gasteiger charge is 2.34. The van der Waals surface area contributed by atoms with E-state index in [0.29, 0.717) is 18.5 Å². The van der Waals surface area contributed by atoms with E-state index in [4.69, 9.17) is 5.73 Å². The SMILES string of the molecule is NC(=O)[C@@H]1c2ccccc2CCN1C(=O)Cc1cccc([N+](=O)[O-])c1. The van der Waals surface area contributed by atoms with Crippen molar-refractivity contribution in [3.63, 3.8) is 0 Å². The van der Waals surface area contributed by atoms with Crippen molar-refractivity contribution in [1.29, 1.82) is 0 Å². The van der Waals surface area contributed by atoms with E-state index < -0.39 is 16.9 Å². The van der Waals surface area contributed by atoms with Crippen LogP contribution in [0.3, 0.4) is 0 Å². The number of carbonyl (C=O) groups is 2. The first-order chi connectivity index (χ1) is 12.0. The highest BCUT2D eigenvalue weighted by atomic mass is 16.6. The number of hydrogen-bond acceptors (Lipinski definition) is 4. The molecule has 0 bridgehead atoms. The first-order valence-corrected chi connectivity index (χ1v) is 7.87. The molecule has 0 saturated heterocycles. The Bertz CT molecular complexity index is 850. The number of nitro benzene ring substituents is 1. The van der Waals surface area contributed by atoms with Crippen LogP contribution in [-0.2, 0) is 22.4 Å². The summed E-state index contributed by atoms with van der Waals surface area (Å²) in [5, 5.41) is 10.9. The number of primary amides is 1. The molecule has 1 aliphatic rings. The number of non-ortho nitro benzene ring substituents is 1. The topological polar surface area (TPSA) is 107 Å². The normalized spacial score (nSPS) is 16.2. The van der Waals surface area contributed by atoms with Crippen molar-refractivity contribution in [1.82, 2.24) is 4.90 Å². The minimum Gasteiger partial charge on any atom is -0.368 e. The van der Waals surface area contributed by atoms with Crippen LogP contribution in [0.2, 0.25) is 0 Å². The van der Waals surface area contributed by atoms with Gasteiger partial charge in [0.1, 0.15) is 6.04 Å². The second-order valence-corrected chi connectivity index (χ2v) is 5.94. The van der Waals surface area contributed by atoms with Crippen LogP contribution < -0.4 is 5.73 Å². The van der Waals surface area contributed by atoms with Gasteiger partial charge in [0.05, 0.1) is 11.3 Å². The average Bonchev–Trinajstić information content (AvgIpc) is 2.60. The van der Waals surface area contributed by atoms with Gasteiger partial charge in [-0.3, -0.25) is 19.7 Å². The highest BCUT2D eigenvalue weighted by Crippen LogP contribution is 2.30. The summed E-state index contributed by atoms with van der Waals surface area (Å²) in [7, 11) is 0. The molecule has 1 heterocycles. The summed E-state index contributed by atoms with van der Waals surface area (Å²) in [5.74, 6) is -0.863. The number of amides is 2. The van der Waals surface area contributed by atoms with Crippen LogP contribution >= 0.6 is 0 Å². The largest absolute Gasteiger partial charge is 0.368 e. The zero-order valence-electron chi connectivity index (χ0n) is 13.4. The third-order valence-corrected chi connectivity index (χ3v) is 4.35. The fourth-order valence-corrected chi connectivity index (χ4v) is 3.20. The fourth-order valence-electron chi connectivity index (χ4n) is 3.20. The fraction of sp³-hybridized carbons (Fsp3) is 0.222. The number of rotatable bonds is 4. The molecule has 2 N–H and O–H groups in total. The Labute approximate surface area is 144 Å². The standard InChI is InChI=1S/C18H17N3O4/c19-18(23)17-15-7-2-1-5-13(15)8-9-20(17)16(22)11-12-4-3-6-14(10-12)21(24)25/h1-7,10,17H,8-9,11H2,(H2,19,23)/t17-/m0/s1. The van der Waals surface area contributed by atoms with Crippen LogP contribution in [0.5, 0.6) is 0 Å². The van der Waals surface area contributed by atoms with E-state index in [0.717, 1.165) is 11.1 Å². The van der Waals surface area contributed by atoms with Gasteiger partial charge >= 0.3 is 0 Å². The summed E-state index contributed by atoms with van der Waals surface area (Å²) < 4.78 is 0. The first kappa shape index (κ1) is 16.6. The molecule has 25 heavy (non-hydrogen) atoms. The van der Waals surface area contributed by atoms with Gasteiger partial charge in [0.2, 0.25) is 11.8 Å². The molecule has 7 nitrogen and oxygen atoms in total. The quantitative estimate of drug-likeness (QED) is 0.676. The lowest BCUT2D eigenvalue weighted by Gasteiger charge is -2.35. The van der Waals surface area contributed by atoms with Crippen LogP contribution in [0.1, 0.15) is 22.7 Å². The lowest BCUT2D eigenvalue weighted by atomic mass is 9.91. The maximum atomic E-state index is 12.7. The van der Waals surface area contributed by atoms with Gasteiger partial charge in [-0.15, -0.1) is 0 Å². The van der Waals surface area contributed by atoms with Crippen LogP contribution in [-0.4, -0.2) is 28.2 Å². The van der Waals surface area contributed by atoms with Gasteiger partial charge in [-0.2, -0.15) is 0 Å². The number of carbonyl (C=O) groups excluding carboxylic acids is 2. The monoisotopic (exact) mass is 339 g/mol. The van der Waals surface area contributed by atoms with Crippen molar-refractivity contribution in [2.75, 3.05) is 6.54 Å². The molecule has 7 heteroatoms. The molecule has 1 atom stereocenters. The number of fused-ring (bicyclic) bond motifs is 1. The summed E-state index contributed by atoms with van der Waals surface area (Å²) in [6.07, 6.45) is 0.619. The van der Waals surface area contributed by atoms with E-state index in [1.807, 2.05) is 18.2 Å². The van der Waals surface area contributed by atoms with Gasteiger partial charge < -0.3 is 10.6 Å². The summed E-state index contributed by atoms with van der Waals surface area (Å²) in [6, 6.07) is 12.6. The molecule has 1 aliphatic heterocycles. The van der Waals surface area contributed by atoms with Gasteiger partial charge in [0.25, 0.3) is 5.69 Å². The van der Waals surface area contributed by atoms with Crippen LogP contribution in [0.15, 0.2) is 48.5 Å². The molecular weight excluding hydrogens is 322 g/mol. The lowest BCUT2D eigenvalue weighted by Crippen LogP contribution is -2.46. The van der Waals surface area contributed by atoms with Crippen molar-refractivity contribution in [2.24, 2.45) is 5.73 Å². The Hall–Kier alpha value is -3.22. The van der Waals surface area contributed by atoms with Crippen molar-refractivity contribution in [3.05, 3.63) is 75.3 Å². The summed E-state index contributed by atoms with van der Waals surface area (Å²) in [6.45, 7) is 0.387. The summed E-state index contributed by atoms with van der Waals surface area (Å²) in [5.41, 5.74) is 7.75. The minimum absolute atomic E-state index is 0.0202. The van der Waals surface area contributed by atoms with Gasteiger partial charge in [-0.25, -0.2) is 0 Å². The molecule has 2 amide bonds. The molecule has 0 spiro atoms. The maximum absolute atomic E-state index is 12.7. The molecule has 0 fully saturated rings. The van der Waals surface area contributed by atoms with E-state index in [1.165, 1.54) is 23.1 Å². The lowest BCUT2D eigenvalue weighted by molar-refractivity contribution is -0.384. The molecule has 128 valence electrons. The Morgan fingerprint density at radius 1 is 1.20 bits per heavy atom. The van der Waals surface area contributed by atoms with Crippen LogP contribution in [0.4, 0.5) is 5.69 Å². The summed E-state index contributed by atoms with van der Waals surface area (Å²) in [4.78, 5) is 36.5. The van der Waals surface area contributed by atoms with E-state index in [-0.39, 0.29) is 18.0 Å². The predicted octanol–water partition coefficient (Wildman–Crippen LogP) is 1.75. The molecule has 0 aromatic heterocycles. The number of nitrogens with zero attached hydrogens (tertiary/aromatic N) is 2. The van der Waals surface area contributed by atoms with Crippen molar-refractivity contribution in [3.8, 4) is 0 Å². The molecule has 2 aromatic rings. The minimum atomic E-state index is -0.809. The molecule has 3 rings (SSSR count). The zero-order valence-corrected chi connectivity index (χ0v) is 13.4. The molecule has 2 aromatic carbocycles. The number of nitro groups is 1. The molecule has 0 saturated carbocycles. The Kier molecular flexibility index (Phi) is 4.47. The zero-order chi connectivity index (χ0) is 18.0. The van der Waals surface area contributed by atoms with Crippen molar-refractivity contribution >= 4 is 17.5 Å². The van der Waals surface area contributed by atoms with Crippen molar-refractivity contribution < 1.29 is 14.5 Å². The molecular formula is C18H17N3O4. The average molecular weight is 339 g/mol. The molecule has 0 aliphatic carbocycles. The van der Waals surface area contributed by atoms with E-state index in [9.17, 15) is 19.7 Å². The third kappa shape index (κ3) is 3.35. The highest BCUT2D eigenvalue weighted by molar-refractivity contribution is 5.89. The van der Waals surface area contributed by atoms with E-state index in [2.05, 4.69) is 0 Å². The molecule has 0 radical (unpaired) electrons. The molecule has 0 unspecified atom stereocenters. The van der Waals surface area contributed by atoms with Gasteiger partial charge in [-0.1, -0.05) is 36.4 Å². The number of hydrogen-bond donors (Lipinski definition) is 1. The van der Waals surface area contributed by atoms with E-state index in [1.54, 1.807) is 12.1 Å². The van der Waals surface area contributed by atoms with Crippen LogP contribution in [0, 0.1) is 10.1 Å². The Morgan fingerprint density at radius 2 is 1.96 bits per heavy atom. The predicted molar refractivity (Wildman–Crippen MR) is 90.6 cm³/mol. The Balaban J connectivity index is 1.85. The number of benzene rings is 2. The smallest absolute Gasteiger partial charge is 0.269 e. The van der Waals surface area contributed by atoms with Gasteiger partial charge in [0.15, 0.2) is 0 Å². The maximum Gasteiger partial charge on any atom is 0.269 e. The van der Waals surface area contributed by atoms with Crippen molar-refractivity contribution in [2.45, 2.75) is 18.9 Å². The summed E-state index contributed by atoms with van der Waals surface area (Å²) >= 11 is 0. The second-order valence-electron chi connectivity index (χ2n) is 5.94. The Morgan fingerprint density at radius 3 is 2.68 bits per heavy atom. The van der Waals surface area contributed by atoms with Gasteiger partial charge in [-0.05, 0) is 23.1 Å². The van der Waals surface area contributed by atoms with Gasteiger partial charge in [0, 0.05) is 18.7 Å². The van der Waals surface area contributed by atoms with Crippen LogP contribution in [0.25, 0.3) is 0 Å². The first-order valence-electron chi connectivity index (χ1n) is 7.87.